The van der Waals surface area contributed by atoms with Crippen LogP contribution in [-0.2, 0) is 20.4 Å². The lowest BCUT2D eigenvalue weighted by Crippen LogP contribution is -2.28. The van der Waals surface area contributed by atoms with Crippen LogP contribution >= 0.6 is 0 Å². The molecule has 0 aliphatic heterocycles. The van der Waals surface area contributed by atoms with Crippen LogP contribution in [0.15, 0.2) is 59.5 Å². The van der Waals surface area contributed by atoms with E-state index < -0.39 is 15.8 Å². The SMILES string of the molecule is CN(CCCC(=O)O)C(=O)c1cccc(CS(=O)(=O)c2ccccc2)c1. The molecule has 0 saturated carbocycles. The molecule has 0 spiro atoms. The van der Waals surface area contributed by atoms with Gasteiger partial charge in [-0.3, -0.25) is 9.59 Å². The second kappa shape index (κ2) is 8.62. The Morgan fingerprint density at radius 3 is 2.38 bits per heavy atom. The highest BCUT2D eigenvalue weighted by molar-refractivity contribution is 7.90. The van der Waals surface area contributed by atoms with E-state index in [1.807, 2.05) is 0 Å². The summed E-state index contributed by atoms with van der Waals surface area (Å²) < 4.78 is 24.9. The Bertz CT molecular complexity index is 878. The van der Waals surface area contributed by atoms with Crippen molar-refractivity contribution in [2.75, 3.05) is 13.6 Å². The molecule has 0 saturated heterocycles. The van der Waals surface area contributed by atoms with Crippen LogP contribution < -0.4 is 0 Å². The zero-order valence-corrected chi connectivity index (χ0v) is 15.3. The van der Waals surface area contributed by atoms with E-state index in [0.29, 0.717) is 24.1 Å². The molecule has 2 aromatic carbocycles. The van der Waals surface area contributed by atoms with Crippen molar-refractivity contribution < 1.29 is 23.1 Å². The molecular formula is C19H21NO5S. The summed E-state index contributed by atoms with van der Waals surface area (Å²) in [6.07, 6.45) is 0.354. The van der Waals surface area contributed by atoms with Crippen molar-refractivity contribution in [1.29, 1.82) is 0 Å². The molecule has 138 valence electrons. The highest BCUT2D eigenvalue weighted by Crippen LogP contribution is 2.17. The largest absolute Gasteiger partial charge is 0.481 e. The molecule has 0 atom stereocenters. The second-order valence-corrected chi connectivity index (χ2v) is 7.99. The van der Waals surface area contributed by atoms with Gasteiger partial charge in [0.2, 0.25) is 0 Å². The van der Waals surface area contributed by atoms with Gasteiger partial charge in [0.1, 0.15) is 0 Å². The van der Waals surface area contributed by atoms with Crippen LogP contribution in [0.5, 0.6) is 0 Å². The Balaban J connectivity index is 2.10. The van der Waals surface area contributed by atoms with Crippen molar-refractivity contribution in [3.05, 3.63) is 65.7 Å². The highest BCUT2D eigenvalue weighted by Gasteiger charge is 2.17. The molecule has 26 heavy (non-hydrogen) atoms. The van der Waals surface area contributed by atoms with Crippen LogP contribution in [0, 0.1) is 0 Å². The number of carbonyl (C=O) groups excluding carboxylic acids is 1. The van der Waals surface area contributed by atoms with E-state index in [1.54, 1.807) is 61.6 Å². The average Bonchev–Trinajstić information content (AvgIpc) is 2.61. The molecule has 1 amide bonds. The number of carbonyl (C=O) groups is 2. The Morgan fingerprint density at radius 2 is 1.73 bits per heavy atom. The minimum absolute atomic E-state index is 0.00697. The average molecular weight is 375 g/mol. The number of hydrogen-bond donors (Lipinski definition) is 1. The van der Waals surface area contributed by atoms with Crippen molar-refractivity contribution in [1.82, 2.24) is 4.90 Å². The van der Waals surface area contributed by atoms with Gasteiger partial charge in [-0.05, 0) is 36.2 Å². The van der Waals surface area contributed by atoms with Gasteiger partial charge in [0.25, 0.3) is 5.91 Å². The molecule has 6 nitrogen and oxygen atoms in total. The number of carboxylic acids is 1. The normalized spacial score (nSPS) is 11.1. The van der Waals surface area contributed by atoms with Gasteiger partial charge in [0.05, 0.1) is 10.6 Å². The first-order chi connectivity index (χ1) is 12.3. The number of aliphatic carboxylic acids is 1. The topological polar surface area (TPSA) is 91.8 Å². The molecule has 2 aromatic rings. The zero-order chi connectivity index (χ0) is 19.2. The van der Waals surface area contributed by atoms with E-state index in [4.69, 9.17) is 5.11 Å². The summed E-state index contributed by atoms with van der Waals surface area (Å²) in [7, 11) is -1.90. The van der Waals surface area contributed by atoms with E-state index in [1.165, 1.54) is 4.90 Å². The van der Waals surface area contributed by atoms with Crippen molar-refractivity contribution in [3.8, 4) is 0 Å². The third-order valence-corrected chi connectivity index (χ3v) is 5.57. The third kappa shape index (κ3) is 5.42. The van der Waals surface area contributed by atoms with Crippen LogP contribution in [0.4, 0.5) is 0 Å². The Morgan fingerprint density at radius 1 is 1.04 bits per heavy atom. The summed E-state index contributed by atoms with van der Waals surface area (Å²) in [5.41, 5.74) is 0.905. The fraction of sp³-hybridized carbons (Fsp3) is 0.263. The van der Waals surface area contributed by atoms with E-state index in [2.05, 4.69) is 0 Å². The van der Waals surface area contributed by atoms with Crippen LogP contribution in [0.2, 0.25) is 0 Å². The molecule has 2 rings (SSSR count). The lowest BCUT2D eigenvalue weighted by atomic mass is 10.1. The number of hydrogen-bond acceptors (Lipinski definition) is 4. The van der Waals surface area contributed by atoms with E-state index in [0.717, 1.165) is 0 Å². The quantitative estimate of drug-likeness (QED) is 0.766. The minimum Gasteiger partial charge on any atom is -0.481 e. The number of carboxylic acid groups (broad SMARTS) is 1. The maximum atomic E-state index is 12.5. The van der Waals surface area contributed by atoms with Gasteiger partial charge in [-0.1, -0.05) is 30.3 Å². The number of amides is 1. The van der Waals surface area contributed by atoms with E-state index in [9.17, 15) is 18.0 Å². The van der Waals surface area contributed by atoms with Crippen molar-refractivity contribution in [3.63, 3.8) is 0 Å². The third-order valence-electron chi connectivity index (χ3n) is 3.86. The molecule has 0 radical (unpaired) electrons. The molecule has 0 aliphatic carbocycles. The van der Waals surface area contributed by atoms with Gasteiger partial charge >= 0.3 is 5.97 Å². The number of rotatable bonds is 8. The van der Waals surface area contributed by atoms with Gasteiger partial charge in [0.15, 0.2) is 9.84 Å². The summed E-state index contributed by atoms with van der Waals surface area (Å²) in [6, 6.07) is 14.7. The summed E-state index contributed by atoms with van der Waals surface area (Å²) in [5.74, 6) is -1.37. The first kappa shape index (κ1) is 19.7. The monoisotopic (exact) mass is 375 g/mol. The first-order valence-electron chi connectivity index (χ1n) is 8.13. The number of nitrogens with zero attached hydrogens (tertiary/aromatic N) is 1. The van der Waals surface area contributed by atoms with Crippen molar-refractivity contribution in [2.45, 2.75) is 23.5 Å². The van der Waals surface area contributed by atoms with Gasteiger partial charge in [-0.2, -0.15) is 0 Å². The van der Waals surface area contributed by atoms with Crippen LogP contribution in [0.25, 0.3) is 0 Å². The maximum Gasteiger partial charge on any atom is 0.303 e. The minimum atomic E-state index is -3.49. The standard InChI is InChI=1S/C19H21NO5S/c1-20(12-6-11-18(21)22)19(23)16-8-5-7-15(13-16)14-26(24,25)17-9-3-2-4-10-17/h2-5,7-10,13H,6,11-12,14H2,1H3,(H,21,22). The molecule has 0 bridgehead atoms. The second-order valence-electron chi connectivity index (χ2n) is 6.00. The van der Waals surface area contributed by atoms with Gasteiger partial charge in [-0.25, -0.2) is 8.42 Å². The highest BCUT2D eigenvalue weighted by atomic mass is 32.2. The van der Waals surface area contributed by atoms with Gasteiger partial charge < -0.3 is 10.0 Å². The molecule has 0 aromatic heterocycles. The molecule has 0 unspecified atom stereocenters. The molecule has 0 fully saturated rings. The fourth-order valence-electron chi connectivity index (χ4n) is 2.51. The van der Waals surface area contributed by atoms with E-state index in [-0.39, 0.29) is 23.0 Å². The zero-order valence-electron chi connectivity index (χ0n) is 14.5. The smallest absolute Gasteiger partial charge is 0.303 e. The van der Waals surface area contributed by atoms with E-state index >= 15 is 0 Å². The molecular weight excluding hydrogens is 354 g/mol. The lowest BCUT2D eigenvalue weighted by Gasteiger charge is -2.17. The Hall–Kier alpha value is -2.67. The first-order valence-corrected chi connectivity index (χ1v) is 9.79. The van der Waals surface area contributed by atoms with Crippen molar-refractivity contribution >= 4 is 21.7 Å². The van der Waals surface area contributed by atoms with Gasteiger partial charge in [-0.15, -0.1) is 0 Å². The summed E-state index contributed by atoms with van der Waals surface area (Å²) in [5, 5.41) is 8.66. The maximum absolute atomic E-state index is 12.5. The fourth-order valence-corrected chi connectivity index (χ4v) is 3.87. The number of sulfone groups is 1. The van der Waals surface area contributed by atoms with Crippen LogP contribution in [0.1, 0.15) is 28.8 Å². The molecule has 0 heterocycles. The van der Waals surface area contributed by atoms with Crippen LogP contribution in [0.3, 0.4) is 0 Å². The predicted octanol–water partition coefficient (Wildman–Crippen LogP) is 2.60. The summed E-state index contributed by atoms with van der Waals surface area (Å²) in [4.78, 5) is 24.7. The van der Waals surface area contributed by atoms with Crippen molar-refractivity contribution in [2.24, 2.45) is 0 Å². The summed E-state index contributed by atoms with van der Waals surface area (Å²) in [6.45, 7) is 0.317. The summed E-state index contributed by atoms with van der Waals surface area (Å²) >= 11 is 0. The lowest BCUT2D eigenvalue weighted by molar-refractivity contribution is -0.137. The van der Waals surface area contributed by atoms with Gasteiger partial charge in [0, 0.05) is 25.6 Å². The van der Waals surface area contributed by atoms with Crippen LogP contribution in [-0.4, -0.2) is 43.9 Å². The predicted molar refractivity (Wildman–Crippen MR) is 97.6 cm³/mol. The molecule has 1 N–H and O–H groups in total. The Kier molecular flexibility index (Phi) is 6.52. The number of benzene rings is 2. The molecule has 7 heteroatoms. The molecule has 0 aliphatic rings. The Labute approximate surface area is 153 Å².